The molecule has 1 saturated carbocycles. The van der Waals surface area contributed by atoms with Crippen LogP contribution in [0, 0.1) is 5.92 Å². The van der Waals surface area contributed by atoms with E-state index in [2.05, 4.69) is 45.4 Å². The SMILES string of the molecule is O=C(NCC(c1ccccc1)N1CCCC1)N(CC1CCOC1)C1CC1. The average Bonchev–Trinajstić information content (AvgIpc) is 3.13. The molecule has 26 heavy (non-hydrogen) atoms. The Hall–Kier alpha value is -1.59. The summed E-state index contributed by atoms with van der Waals surface area (Å²) in [5.41, 5.74) is 1.30. The van der Waals surface area contributed by atoms with Gasteiger partial charge in [0.1, 0.15) is 0 Å². The lowest BCUT2D eigenvalue weighted by Gasteiger charge is -2.30. The number of hydrogen-bond donors (Lipinski definition) is 1. The second-order valence-electron chi connectivity index (χ2n) is 7.97. The molecule has 1 aromatic carbocycles. The molecule has 5 heteroatoms. The molecule has 2 saturated heterocycles. The molecule has 2 aliphatic heterocycles. The van der Waals surface area contributed by atoms with E-state index in [1.54, 1.807) is 0 Å². The third-order valence-corrected chi connectivity index (χ3v) is 5.94. The van der Waals surface area contributed by atoms with Crippen molar-refractivity contribution in [2.24, 2.45) is 5.92 Å². The van der Waals surface area contributed by atoms with Crippen LogP contribution >= 0.6 is 0 Å². The summed E-state index contributed by atoms with van der Waals surface area (Å²) in [6.07, 6.45) is 5.89. The predicted octanol–water partition coefficient (Wildman–Crippen LogP) is 3.03. The number of carbonyl (C=O) groups excluding carboxylic acids is 1. The molecule has 0 bridgehead atoms. The minimum Gasteiger partial charge on any atom is -0.381 e. The zero-order valence-corrected chi connectivity index (χ0v) is 15.6. The van der Waals surface area contributed by atoms with E-state index in [1.165, 1.54) is 18.4 Å². The van der Waals surface area contributed by atoms with Gasteiger partial charge in [-0.1, -0.05) is 30.3 Å². The van der Waals surface area contributed by atoms with Gasteiger partial charge in [-0.2, -0.15) is 0 Å². The lowest BCUT2D eigenvalue weighted by molar-refractivity contribution is 0.159. The van der Waals surface area contributed by atoms with Gasteiger partial charge in [-0.25, -0.2) is 4.79 Å². The van der Waals surface area contributed by atoms with Gasteiger partial charge in [0.2, 0.25) is 0 Å². The first-order valence-corrected chi connectivity index (χ1v) is 10.2. The zero-order valence-electron chi connectivity index (χ0n) is 15.6. The predicted molar refractivity (Wildman–Crippen MR) is 102 cm³/mol. The van der Waals surface area contributed by atoms with Crippen molar-refractivity contribution in [2.75, 3.05) is 39.4 Å². The highest BCUT2D eigenvalue weighted by atomic mass is 16.5. The van der Waals surface area contributed by atoms with E-state index in [0.717, 1.165) is 52.1 Å². The summed E-state index contributed by atoms with van der Waals surface area (Å²) in [6.45, 7) is 5.43. The van der Waals surface area contributed by atoms with Crippen LogP contribution in [0.15, 0.2) is 30.3 Å². The van der Waals surface area contributed by atoms with Crippen molar-refractivity contribution >= 4 is 6.03 Å². The van der Waals surface area contributed by atoms with E-state index < -0.39 is 0 Å². The number of nitrogens with one attached hydrogen (secondary N) is 1. The average molecular weight is 357 g/mol. The van der Waals surface area contributed by atoms with Gasteiger partial charge in [-0.3, -0.25) is 4.90 Å². The minimum atomic E-state index is 0.111. The number of benzene rings is 1. The summed E-state index contributed by atoms with van der Waals surface area (Å²) in [7, 11) is 0. The molecule has 4 rings (SSSR count). The summed E-state index contributed by atoms with van der Waals surface area (Å²) in [4.78, 5) is 17.5. The number of amides is 2. The van der Waals surface area contributed by atoms with Gasteiger partial charge in [0, 0.05) is 31.7 Å². The maximum Gasteiger partial charge on any atom is 0.317 e. The Morgan fingerprint density at radius 1 is 1.19 bits per heavy atom. The van der Waals surface area contributed by atoms with Crippen LogP contribution in [0.3, 0.4) is 0 Å². The smallest absolute Gasteiger partial charge is 0.317 e. The number of rotatable bonds is 7. The van der Waals surface area contributed by atoms with Gasteiger partial charge in [0.25, 0.3) is 0 Å². The number of hydrogen-bond acceptors (Lipinski definition) is 3. The normalized spacial score (nSPS) is 24.5. The molecular weight excluding hydrogens is 326 g/mol. The van der Waals surface area contributed by atoms with Crippen molar-refractivity contribution in [3.05, 3.63) is 35.9 Å². The minimum absolute atomic E-state index is 0.111. The fraction of sp³-hybridized carbons (Fsp3) is 0.667. The van der Waals surface area contributed by atoms with Crippen molar-refractivity contribution in [2.45, 2.75) is 44.2 Å². The first kappa shape index (κ1) is 17.8. The first-order chi connectivity index (χ1) is 12.8. The van der Waals surface area contributed by atoms with Crippen molar-refractivity contribution in [1.29, 1.82) is 0 Å². The highest BCUT2D eigenvalue weighted by Crippen LogP contribution is 2.29. The highest BCUT2D eigenvalue weighted by Gasteiger charge is 2.35. The van der Waals surface area contributed by atoms with Crippen LogP contribution in [0.2, 0.25) is 0 Å². The molecule has 2 unspecified atom stereocenters. The Kier molecular flexibility index (Phi) is 5.75. The Labute approximate surface area is 156 Å². The molecule has 1 N–H and O–H groups in total. The van der Waals surface area contributed by atoms with Crippen LogP contribution in [0.25, 0.3) is 0 Å². The number of carbonyl (C=O) groups is 1. The second-order valence-corrected chi connectivity index (χ2v) is 7.97. The largest absolute Gasteiger partial charge is 0.381 e. The van der Waals surface area contributed by atoms with Crippen LogP contribution in [0.4, 0.5) is 4.79 Å². The lowest BCUT2D eigenvalue weighted by Crippen LogP contribution is -2.46. The fourth-order valence-corrected chi connectivity index (χ4v) is 4.26. The second kappa shape index (κ2) is 8.40. The van der Waals surface area contributed by atoms with E-state index in [-0.39, 0.29) is 12.1 Å². The van der Waals surface area contributed by atoms with Crippen molar-refractivity contribution in [3.8, 4) is 0 Å². The van der Waals surface area contributed by atoms with E-state index >= 15 is 0 Å². The number of ether oxygens (including phenoxy) is 1. The molecule has 0 aromatic heterocycles. The maximum atomic E-state index is 12.9. The fourth-order valence-electron chi connectivity index (χ4n) is 4.26. The van der Waals surface area contributed by atoms with Crippen molar-refractivity contribution < 1.29 is 9.53 Å². The van der Waals surface area contributed by atoms with Gasteiger partial charge in [-0.15, -0.1) is 0 Å². The van der Waals surface area contributed by atoms with E-state index in [0.29, 0.717) is 18.5 Å². The number of nitrogens with zero attached hydrogens (tertiary/aromatic N) is 2. The molecule has 0 spiro atoms. The van der Waals surface area contributed by atoms with Crippen LogP contribution < -0.4 is 5.32 Å². The van der Waals surface area contributed by atoms with E-state index in [1.807, 2.05) is 0 Å². The molecule has 3 fully saturated rings. The Morgan fingerprint density at radius 3 is 2.62 bits per heavy atom. The highest BCUT2D eigenvalue weighted by molar-refractivity contribution is 5.75. The topological polar surface area (TPSA) is 44.8 Å². The van der Waals surface area contributed by atoms with Gasteiger partial charge in [-0.05, 0) is 50.8 Å². The Balaban J connectivity index is 1.38. The standard InChI is InChI=1S/C21H31N3O2/c25-21(24(19-8-9-19)15-17-10-13-26-16-17)22-14-20(23-11-4-5-12-23)18-6-2-1-3-7-18/h1-3,6-7,17,19-20H,4-5,8-16H2,(H,22,25). The third kappa shape index (κ3) is 4.38. The molecule has 2 amide bonds. The quantitative estimate of drug-likeness (QED) is 0.816. The maximum absolute atomic E-state index is 12.9. The summed E-state index contributed by atoms with van der Waals surface area (Å²) in [5, 5.41) is 3.26. The molecule has 1 aromatic rings. The van der Waals surface area contributed by atoms with Crippen LogP contribution in [-0.2, 0) is 4.74 Å². The summed E-state index contributed by atoms with van der Waals surface area (Å²) < 4.78 is 5.50. The first-order valence-electron chi connectivity index (χ1n) is 10.2. The van der Waals surface area contributed by atoms with E-state index in [9.17, 15) is 4.79 Å². The van der Waals surface area contributed by atoms with Crippen molar-refractivity contribution in [3.63, 3.8) is 0 Å². The van der Waals surface area contributed by atoms with Crippen LogP contribution in [0.5, 0.6) is 0 Å². The van der Waals surface area contributed by atoms with Gasteiger partial charge in [0.15, 0.2) is 0 Å². The monoisotopic (exact) mass is 357 g/mol. The molecule has 2 heterocycles. The number of likely N-dealkylation sites (tertiary alicyclic amines) is 1. The van der Waals surface area contributed by atoms with Crippen LogP contribution in [0.1, 0.15) is 43.7 Å². The Morgan fingerprint density at radius 2 is 1.96 bits per heavy atom. The van der Waals surface area contributed by atoms with Gasteiger partial charge in [0.05, 0.1) is 12.6 Å². The van der Waals surface area contributed by atoms with Gasteiger partial charge < -0.3 is 15.0 Å². The molecule has 2 atom stereocenters. The van der Waals surface area contributed by atoms with Gasteiger partial charge >= 0.3 is 6.03 Å². The molecule has 5 nitrogen and oxygen atoms in total. The molecular formula is C21H31N3O2. The molecule has 0 radical (unpaired) electrons. The molecule has 142 valence electrons. The molecule has 1 aliphatic carbocycles. The lowest BCUT2D eigenvalue weighted by atomic mass is 10.1. The number of urea groups is 1. The summed E-state index contributed by atoms with van der Waals surface area (Å²) in [6, 6.07) is 11.4. The third-order valence-electron chi connectivity index (χ3n) is 5.94. The summed E-state index contributed by atoms with van der Waals surface area (Å²) >= 11 is 0. The Bertz CT molecular complexity index is 578. The molecule has 3 aliphatic rings. The van der Waals surface area contributed by atoms with E-state index in [4.69, 9.17) is 4.74 Å². The van der Waals surface area contributed by atoms with Crippen molar-refractivity contribution in [1.82, 2.24) is 15.1 Å². The zero-order chi connectivity index (χ0) is 17.8. The summed E-state index contributed by atoms with van der Waals surface area (Å²) in [5.74, 6) is 0.504. The van der Waals surface area contributed by atoms with Crippen LogP contribution in [-0.4, -0.2) is 61.3 Å².